The van der Waals surface area contributed by atoms with Gasteiger partial charge in [-0.1, -0.05) is 30.3 Å². The van der Waals surface area contributed by atoms with Crippen molar-refractivity contribution >= 4 is 23.9 Å². The zero-order valence-electron chi connectivity index (χ0n) is 13.4. The molecule has 0 aliphatic heterocycles. The molecule has 9 heteroatoms. The molecule has 0 bridgehead atoms. The molecule has 1 atom stereocenters. The fourth-order valence-corrected chi connectivity index (χ4v) is 2.02. The number of aliphatic hydroxyl groups excluding tert-OH is 1. The number of hydroxylamine groups is 1. The Balaban J connectivity index is 2.07. The number of hydrogen-bond donors (Lipinski definition) is 4. The van der Waals surface area contributed by atoms with Gasteiger partial charge in [0, 0.05) is 11.6 Å². The van der Waals surface area contributed by atoms with E-state index in [1.807, 2.05) is 0 Å². The van der Waals surface area contributed by atoms with E-state index in [2.05, 4.69) is 10.5 Å². The lowest BCUT2D eigenvalue weighted by atomic mass is 10.1. The third-order valence-electron chi connectivity index (χ3n) is 3.26. The topological polar surface area (TPSA) is 137 Å². The van der Waals surface area contributed by atoms with Crippen LogP contribution < -0.4 is 10.9 Å². The van der Waals surface area contributed by atoms with Crippen molar-refractivity contribution in [3.63, 3.8) is 0 Å². The van der Waals surface area contributed by atoms with Crippen LogP contribution in [0.25, 0.3) is 6.08 Å². The van der Waals surface area contributed by atoms with Crippen molar-refractivity contribution in [2.75, 3.05) is 0 Å². The molecule has 0 aromatic heterocycles. The number of rotatable bonds is 7. The van der Waals surface area contributed by atoms with Gasteiger partial charge >= 0.3 is 0 Å². The molecular weight excluding hydrogens is 340 g/mol. The molecule has 134 valence electrons. The Kier molecular flexibility index (Phi) is 6.68. The first-order chi connectivity index (χ1) is 12.5. The highest BCUT2D eigenvalue weighted by molar-refractivity contribution is 5.95. The molecule has 0 spiro atoms. The van der Waals surface area contributed by atoms with E-state index >= 15 is 0 Å². The summed E-state index contributed by atoms with van der Waals surface area (Å²) < 4.78 is 0. The van der Waals surface area contributed by atoms with Gasteiger partial charge < -0.3 is 10.3 Å². The molecular formula is C17H16N4O5. The number of nitrogens with one attached hydrogen (secondary N) is 2. The summed E-state index contributed by atoms with van der Waals surface area (Å²) in [5, 5.41) is 32.4. The van der Waals surface area contributed by atoms with Gasteiger partial charge in [-0.2, -0.15) is 10.6 Å². The zero-order valence-corrected chi connectivity index (χ0v) is 13.4. The van der Waals surface area contributed by atoms with Crippen LogP contribution in [-0.2, 0) is 0 Å². The van der Waals surface area contributed by atoms with E-state index in [-0.39, 0.29) is 11.3 Å². The molecule has 1 amide bonds. The third-order valence-corrected chi connectivity index (χ3v) is 3.26. The molecule has 26 heavy (non-hydrogen) atoms. The van der Waals surface area contributed by atoms with Gasteiger partial charge in [0.15, 0.2) is 0 Å². The van der Waals surface area contributed by atoms with Gasteiger partial charge in [-0.05, 0) is 29.8 Å². The fraction of sp³-hybridized carbons (Fsp3) is 0.0588. The van der Waals surface area contributed by atoms with E-state index in [0.29, 0.717) is 11.1 Å². The number of carbonyl (C=O) groups is 1. The van der Waals surface area contributed by atoms with Crippen LogP contribution in [0.5, 0.6) is 0 Å². The Labute approximate surface area is 148 Å². The van der Waals surface area contributed by atoms with E-state index < -0.39 is 17.1 Å². The van der Waals surface area contributed by atoms with Crippen molar-refractivity contribution in [1.82, 2.24) is 10.9 Å². The van der Waals surface area contributed by atoms with Crippen LogP contribution in [0.15, 0.2) is 59.7 Å². The smallest absolute Gasteiger partial charge is 0.278 e. The highest BCUT2D eigenvalue weighted by atomic mass is 16.6. The van der Waals surface area contributed by atoms with Gasteiger partial charge in [0.1, 0.15) is 6.23 Å². The molecule has 2 aromatic rings. The number of amides is 1. The highest BCUT2D eigenvalue weighted by Gasteiger charge is 2.10. The summed E-state index contributed by atoms with van der Waals surface area (Å²) in [6.07, 6.45) is 2.78. The summed E-state index contributed by atoms with van der Waals surface area (Å²) in [4.78, 5) is 22.5. The molecule has 0 aliphatic carbocycles. The molecule has 0 fully saturated rings. The van der Waals surface area contributed by atoms with E-state index in [9.17, 15) is 20.0 Å². The number of hydrogen-bond acceptors (Lipinski definition) is 7. The number of carbonyl (C=O) groups excluding carboxylic acids is 1. The Morgan fingerprint density at radius 1 is 1.23 bits per heavy atom. The average molecular weight is 356 g/mol. The van der Waals surface area contributed by atoms with Crippen molar-refractivity contribution in [2.24, 2.45) is 5.10 Å². The summed E-state index contributed by atoms with van der Waals surface area (Å²) >= 11 is 0. The second kappa shape index (κ2) is 9.18. The number of nitro benzene ring substituents is 1. The Hall–Kier alpha value is -3.40. The van der Waals surface area contributed by atoms with Crippen LogP contribution in [0.2, 0.25) is 0 Å². The van der Waals surface area contributed by atoms with Crippen molar-refractivity contribution in [1.29, 1.82) is 0 Å². The van der Waals surface area contributed by atoms with Crippen molar-refractivity contribution in [3.05, 3.63) is 81.4 Å². The summed E-state index contributed by atoms with van der Waals surface area (Å²) in [5.41, 5.74) is 5.02. The lowest BCUT2D eigenvalue weighted by molar-refractivity contribution is -0.385. The number of nitrogens with zero attached hydrogens (tertiary/aromatic N) is 2. The fourth-order valence-electron chi connectivity index (χ4n) is 2.02. The van der Waals surface area contributed by atoms with Crippen LogP contribution in [0.4, 0.5) is 5.69 Å². The van der Waals surface area contributed by atoms with E-state index in [1.54, 1.807) is 35.8 Å². The monoisotopic (exact) mass is 356 g/mol. The quantitative estimate of drug-likeness (QED) is 0.258. The molecule has 1 unspecified atom stereocenters. The Morgan fingerprint density at radius 3 is 2.73 bits per heavy atom. The standard InChI is InChI=1S/C17H16N4O5/c22-16(20-24)9-8-12-4-3-6-13(10-12)17(23)19-18-11-14-5-1-2-7-15(14)21(25)26/h1-11,16,20,22,24H,(H,19,23)/b9-8+,18-11-. The third kappa shape index (κ3) is 5.31. The van der Waals surface area contributed by atoms with Crippen molar-refractivity contribution in [2.45, 2.75) is 6.23 Å². The maximum absolute atomic E-state index is 12.1. The van der Waals surface area contributed by atoms with Crippen LogP contribution in [0, 0.1) is 10.1 Å². The molecule has 4 N–H and O–H groups in total. The first-order valence-corrected chi connectivity index (χ1v) is 7.44. The van der Waals surface area contributed by atoms with Crippen LogP contribution >= 0.6 is 0 Å². The highest BCUT2D eigenvalue weighted by Crippen LogP contribution is 2.15. The van der Waals surface area contributed by atoms with E-state index in [0.717, 1.165) is 0 Å². The number of hydrazone groups is 1. The van der Waals surface area contributed by atoms with Gasteiger partial charge in [0.05, 0.1) is 16.7 Å². The van der Waals surface area contributed by atoms with Crippen LogP contribution in [0.3, 0.4) is 0 Å². The number of para-hydroxylation sites is 1. The van der Waals surface area contributed by atoms with Crippen LogP contribution in [0.1, 0.15) is 21.5 Å². The second-order valence-corrected chi connectivity index (χ2v) is 5.07. The summed E-state index contributed by atoms with van der Waals surface area (Å²) in [5.74, 6) is -0.504. The molecule has 2 aromatic carbocycles. The summed E-state index contributed by atoms with van der Waals surface area (Å²) in [7, 11) is 0. The van der Waals surface area contributed by atoms with Crippen LogP contribution in [-0.4, -0.2) is 33.6 Å². The maximum Gasteiger partial charge on any atom is 0.278 e. The molecule has 2 rings (SSSR count). The maximum atomic E-state index is 12.1. The van der Waals surface area contributed by atoms with E-state index in [1.165, 1.54) is 36.6 Å². The zero-order chi connectivity index (χ0) is 18.9. The first kappa shape index (κ1) is 18.9. The molecule has 9 nitrogen and oxygen atoms in total. The lowest BCUT2D eigenvalue weighted by Crippen LogP contribution is -2.21. The largest absolute Gasteiger partial charge is 0.373 e. The van der Waals surface area contributed by atoms with Gasteiger partial charge in [0.2, 0.25) is 0 Å². The molecule has 0 heterocycles. The van der Waals surface area contributed by atoms with Gasteiger partial charge in [-0.3, -0.25) is 14.9 Å². The minimum Gasteiger partial charge on any atom is -0.373 e. The molecule has 0 radical (unpaired) electrons. The molecule has 0 saturated heterocycles. The SMILES string of the molecule is O=C(N/N=C\c1ccccc1[N+](=O)[O-])c1cccc(/C=C/C(O)NO)c1. The number of nitro groups is 1. The Morgan fingerprint density at radius 2 is 2.00 bits per heavy atom. The first-order valence-electron chi connectivity index (χ1n) is 7.44. The summed E-state index contributed by atoms with van der Waals surface area (Å²) in [6.45, 7) is 0. The minimum atomic E-state index is -1.22. The normalized spacial score (nSPS) is 12.4. The second-order valence-electron chi connectivity index (χ2n) is 5.07. The predicted octanol–water partition coefficient (Wildman–Crippen LogP) is 1.67. The number of aliphatic hydroxyl groups is 1. The summed E-state index contributed by atoms with van der Waals surface area (Å²) in [6, 6.07) is 12.5. The molecule has 0 saturated carbocycles. The van der Waals surface area contributed by atoms with Crippen molar-refractivity contribution < 1.29 is 20.0 Å². The van der Waals surface area contributed by atoms with E-state index in [4.69, 9.17) is 5.21 Å². The predicted molar refractivity (Wildman–Crippen MR) is 94.6 cm³/mol. The van der Waals surface area contributed by atoms with Crippen molar-refractivity contribution in [3.8, 4) is 0 Å². The van der Waals surface area contributed by atoms with Gasteiger partial charge in [-0.25, -0.2) is 5.43 Å². The lowest BCUT2D eigenvalue weighted by Gasteiger charge is -2.03. The molecule has 0 aliphatic rings. The average Bonchev–Trinajstić information content (AvgIpc) is 2.66. The van der Waals surface area contributed by atoms with Gasteiger partial charge in [0.25, 0.3) is 11.6 Å². The minimum absolute atomic E-state index is 0.117. The Bertz CT molecular complexity index is 851. The number of benzene rings is 2. The van der Waals surface area contributed by atoms with Gasteiger partial charge in [-0.15, -0.1) is 0 Å².